The first-order valence-corrected chi connectivity index (χ1v) is 9.28. The molecule has 2 rings (SSSR count). The van der Waals surface area contributed by atoms with Crippen molar-refractivity contribution in [1.82, 2.24) is 9.29 Å². The normalized spacial score (nSPS) is 26.4. The van der Waals surface area contributed by atoms with Gasteiger partial charge in [-0.2, -0.15) is 0 Å². The summed E-state index contributed by atoms with van der Waals surface area (Å²) in [5.74, 6) is 0.952. The number of hydrogen-bond acceptors (Lipinski definition) is 3. The van der Waals surface area contributed by atoms with Crippen LogP contribution in [-0.2, 0) is 23.1 Å². The number of sulfonamides is 1. The Labute approximate surface area is 128 Å². The highest BCUT2D eigenvalue weighted by Crippen LogP contribution is 2.32. The molecule has 21 heavy (non-hydrogen) atoms. The van der Waals surface area contributed by atoms with Gasteiger partial charge in [0, 0.05) is 31.0 Å². The maximum absolute atomic E-state index is 12.6. The van der Waals surface area contributed by atoms with Gasteiger partial charge in [-0.25, -0.2) is 13.1 Å². The summed E-state index contributed by atoms with van der Waals surface area (Å²) in [5.41, 5.74) is 6.57. The fraction of sp³-hybridized carbons (Fsp3) is 0.733. The standard InChI is InChI=1S/C15H27N3O2S/c1-4-7-18-10-14(8-13(18)9-16)21(19,20)17-15-6-5-11(2)12(15)3/h8,10-12,15,17H,4-7,9,16H2,1-3H3. The highest BCUT2D eigenvalue weighted by atomic mass is 32.2. The van der Waals surface area contributed by atoms with E-state index in [1.807, 2.05) is 4.57 Å². The highest BCUT2D eigenvalue weighted by molar-refractivity contribution is 7.89. The summed E-state index contributed by atoms with van der Waals surface area (Å²) in [6.07, 6.45) is 4.66. The van der Waals surface area contributed by atoms with Crippen molar-refractivity contribution in [3.8, 4) is 0 Å². The molecule has 0 saturated heterocycles. The van der Waals surface area contributed by atoms with Crippen LogP contribution in [0.1, 0.15) is 45.7 Å². The van der Waals surface area contributed by atoms with E-state index < -0.39 is 10.0 Å². The third-order valence-corrected chi connectivity index (χ3v) is 6.17. The predicted molar refractivity (Wildman–Crippen MR) is 84.3 cm³/mol. The Kier molecular flexibility index (Phi) is 5.11. The molecular formula is C15H27N3O2S. The molecule has 1 aromatic rings. The number of aromatic nitrogens is 1. The van der Waals surface area contributed by atoms with E-state index in [1.54, 1.807) is 12.3 Å². The molecule has 1 saturated carbocycles. The van der Waals surface area contributed by atoms with Crippen LogP contribution in [0.15, 0.2) is 17.2 Å². The molecule has 1 fully saturated rings. The molecular weight excluding hydrogens is 286 g/mol. The van der Waals surface area contributed by atoms with Crippen molar-refractivity contribution >= 4 is 10.0 Å². The number of hydrogen-bond donors (Lipinski definition) is 2. The predicted octanol–water partition coefficient (Wildman–Crippen LogP) is 2.07. The topological polar surface area (TPSA) is 77.1 Å². The Bertz CT molecular complexity index is 580. The van der Waals surface area contributed by atoms with E-state index in [0.29, 0.717) is 23.3 Å². The minimum atomic E-state index is -3.46. The van der Waals surface area contributed by atoms with E-state index in [9.17, 15) is 8.42 Å². The van der Waals surface area contributed by atoms with Crippen LogP contribution in [0.2, 0.25) is 0 Å². The minimum absolute atomic E-state index is 0.0425. The summed E-state index contributed by atoms with van der Waals surface area (Å²) in [4.78, 5) is 0.336. The SMILES string of the molecule is CCCn1cc(S(=O)(=O)NC2CCC(C)C2C)cc1CN. The molecule has 1 aromatic heterocycles. The fourth-order valence-corrected chi connectivity index (χ4v) is 4.52. The lowest BCUT2D eigenvalue weighted by Crippen LogP contribution is -2.37. The summed E-state index contributed by atoms with van der Waals surface area (Å²) < 4.78 is 29.9. The van der Waals surface area contributed by atoms with Crippen molar-refractivity contribution in [1.29, 1.82) is 0 Å². The molecule has 6 heteroatoms. The molecule has 1 heterocycles. The average molecular weight is 313 g/mol. The average Bonchev–Trinajstić information content (AvgIpc) is 2.98. The summed E-state index contributed by atoms with van der Waals surface area (Å²) in [7, 11) is -3.46. The lowest BCUT2D eigenvalue weighted by molar-refractivity contribution is 0.402. The first kappa shape index (κ1) is 16.5. The van der Waals surface area contributed by atoms with Gasteiger partial charge in [0.1, 0.15) is 0 Å². The molecule has 0 spiro atoms. The molecule has 1 aliphatic rings. The van der Waals surface area contributed by atoms with Crippen LogP contribution in [0, 0.1) is 11.8 Å². The minimum Gasteiger partial charge on any atom is -0.349 e. The van der Waals surface area contributed by atoms with Crippen molar-refractivity contribution in [2.45, 2.75) is 64.1 Å². The Morgan fingerprint density at radius 2 is 2.10 bits per heavy atom. The van der Waals surface area contributed by atoms with Gasteiger partial charge >= 0.3 is 0 Å². The van der Waals surface area contributed by atoms with Gasteiger partial charge in [0.15, 0.2) is 0 Å². The first-order chi connectivity index (χ1) is 9.89. The third kappa shape index (κ3) is 3.49. The molecule has 3 unspecified atom stereocenters. The molecule has 120 valence electrons. The van der Waals surface area contributed by atoms with Gasteiger partial charge in [0.25, 0.3) is 0 Å². The number of rotatable bonds is 6. The Hall–Kier alpha value is -0.850. The lowest BCUT2D eigenvalue weighted by Gasteiger charge is -2.19. The van der Waals surface area contributed by atoms with E-state index in [-0.39, 0.29) is 6.04 Å². The summed E-state index contributed by atoms with van der Waals surface area (Å²) in [6.45, 7) is 7.52. The van der Waals surface area contributed by atoms with Crippen LogP contribution in [-0.4, -0.2) is 19.0 Å². The van der Waals surface area contributed by atoms with Crippen LogP contribution in [0.25, 0.3) is 0 Å². The molecule has 0 amide bonds. The Morgan fingerprint density at radius 1 is 1.38 bits per heavy atom. The van der Waals surface area contributed by atoms with Crippen molar-refractivity contribution in [3.05, 3.63) is 18.0 Å². The highest BCUT2D eigenvalue weighted by Gasteiger charge is 2.33. The number of aryl methyl sites for hydroxylation is 1. The van der Waals surface area contributed by atoms with Crippen LogP contribution in [0.3, 0.4) is 0 Å². The second-order valence-electron chi connectivity index (χ2n) is 6.21. The molecule has 0 aliphatic heterocycles. The van der Waals surface area contributed by atoms with Gasteiger partial charge in [0.2, 0.25) is 10.0 Å². The molecule has 3 atom stereocenters. The first-order valence-electron chi connectivity index (χ1n) is 7.80. The van der Waals surface area contributed by atoms with Crippen LogP contribution in [0.5, 0.6) is 0 Å². The largest absolute Gasteiger partial charge is 0.349 e. The van der Waals surface area contributed by atoms with E-state index in [1.165, 1.54) is 0 Å². The molecule has 0 bridgehead atoms. The van der Waals surface area contributed by atoms with Crippen molar-refractivity contribution in [3.63, 3.8) is 0 Å². The quantitative estimate of drug-likeness (QED) is 0.844. The van der Waals surface area contributed by atoms with Crippen molar-refractivity contribution < 1.29 is 8.42 Å². The van der Waals surface area contributed by atoms with E-state index >= 15 is 0 Å². The molecule has 3 N–H and O–H groups in total. The Balaban J connectivity index is 2.19. The Morgan fingerprint density at radius 3 is 2.62 bits per heavy atom. The summed E-state index contributed by atoms with van der Waals surface area (Å²) in [6, 6.07) is 1.74. The fourth-order valence-electron chi connectivity index (χ4n) is 3.09. The molecule has 0 radical (unpaired) electrons. The van der Waals surface area contributed by atoms with Gasteiger partial charge in [-0.15, -0.1) is 0 Å². The van der Waals surface area contributed by atoms with Gasteiger partial charge in [-0.1, -0.05) is 20.8 Å². The third-order valence-electron chi connectivity index (χ3n) is 4.72. The zero-order valence-corrected chi connectivity index (χ0v) is 14.0. The lowest BCUT2D eigenvalue weighted by atomic mass is 9.98. The molecule has 0 aromatic carbocycles. The van der Waals surface area contributed by atoms with Crippen molar-refractivity contribution in [2.75, 3.05) is 0 Å². The second-order valence-corrected chi connectivity index (χ2v) is 7.92. The second kappa shape index (κ2) is 6.50. The maximum atomic E-state index is 12.6. The summed E-state index contributed by atoms with van der Waals surface area (Å²) >= 11 is 0. The van der Waals surface area contributed by atoms with Gasteiger partial charge in [-0.05, 0) is 37.2 Å². The number of nitrogens with one attached hydrogen (secondary N) is 1. The zero-order valence-electron chi connectivity index (χ0n) is 13.2. The van der Waals surface area contributed by atoms with Gasteiger partial charge in [0.05, 0.1) is 4.90 Å². The maximum Gasteiger partial charge on any atom is 0.242 e. The number of nitrogens with zero attached hydrogens (tertiary/aromatic N) is 1. The van der Waals surface area contributed by atoms with E-state index in [0.717, 1.165) is 31.5 Å². The number of nitrogens with two attached hydrogens (primary N) is 1. The van der Waals surface area contributed by atoms with Gasteiger partial charge in [-0.3, -0.25) is 0 Å². The van der Waals surface area contributed by atoms with Gasteiger partial charge < -0.3 is 10.3 Å². The van der Waals surface area contributed by atoms with Crippen LogP contribution >= 0.6 is 0 Å². The van der Waals surface area contributed by atoms with Crippen molar-refractivity contribution in [2.24, 2.45) is 17.6 Å². The monoisotopic (exact) mass is 313 g/mol. The van der Waals surface area contributed by atoms with Crippen LogP contribution in [0.4, 0.5) is 0 Å². The zero-order chi connectivity index (χ0) is 15.6. The van der Waals surface area contributed by atoms with Crippen LogP contribution < -0.4 is 10.5 Å². The summed E-state index contributed by atoms with van der Waals surface area (Å²) in [5, 5.41) is 0. The van der Waals surface area contributed by atoms with E-state index in [2.05, 4.69) is 25.5 Å². The van der Waals surface area contributed by atoms with E-state index in [4.69, 9.17) is 5.73 Å². The molecule has 5 nitrogen and oxygen atoms in total. The molecule has 1 aliphatic carbocycles. The smallest absolute Gasteiger partial charge is 0.242 e.